The molecular weight excluding hydrogens is 230 g/mol. The van der Waals surface area contributed by atoms with E-state index < -0.39 is 0 Å². The Hall–Kier alpha value is -2.17. The van der Waals surface area contributed by atoms with E-state index in [1.54, 1.807) is 29.2 Å². The van der Waals surface area contributed by atoms with Gasteiger partial charge in [-0.25, -0.2) is 14.5 Å². The summed E-state index contributed by atoms with van der Waals surface area (Å²) in [4.78, 5) is 15.9. The lowest BCUT2D eigenvalue weighted by Gasteiger charge is -2.04. The topological polar surface area (TPSA) is 57.0 Å². The fourth-order valence-corrected chi connectivity index (χ4v) is 1.61. The van der Waals surface area contributed by atoms with Crippen LogP contribution in [-0.4, -0.2) is 27.3 Å². The molecule has 0 N–H and O–H groups in total. The van der Waals surface area contributed by atoms with E-state index in [-0.39, 0.29) is 5.97 Å². The van der Waals surface area contributed by atoms with Crippen molar-refractivity contribution in [1.29, 1.82) is 0 Å². The highest BCUT2D eigenvalue weighted by Crippen LogP contribution is 2.29. The summed E-state index contributed by atoms with van der Waals surface area (Å²) in [6.45, 7) is 0.528. The monoisotopic (exact) mass is 243 g/mol. The van der Waals surface area contributed by atoms with Crippen molar-refractivity contribution in [3.05, 3.63) is 42.4 Å². The van der Waals surface area contributed by atoms with Crippen molar-refractivity contribution >= 4 is 5.97 Å². The van der Waals surface area contributed by atoms with Gasteiger partial charge in [0.15, 0.2) is 5.82 Å². The Kier molecular flexibility index (Phi) is 2.80. The maximum atomic E-state index is 11.7. The molecule has 5 nitrogen and oxygen atoms in total. The molecule has 2 heterocycles. The van der Waals surface area contributed by atoms with Crippen molar-refractivity contribution in [2.45, 2.75) is 12.8 Å². The Bertz CT molecular complexity index is 530. The number of hydrogen-bond donors (Lipinski definition) is 0. The van der Waals surface area contributed by atoms with Gasteiger partial charge in [-0.15, -0.1) is 0 Å². The molecule has 0 amide bonds. The summed E-state index contributed by atoms with van der Waals surface area (Å²) in [5.41, 5.74) is 0.478. The first-order valence-electron chi connectivity index (χ1n) is 5.96. The SMILES string of the molecule is O=C(OCC1CC1)c1ccc(-n2cccn2)nc1. The molecule has 0 spiro atoms. The summed E-state index contributed by atoms with van der Waals surface area (Å²) in [7, 11) is 0. The van der Waals surface area contributed by atoms with Crippen molar-refractivity contribution < 1.29 is 9.53 Å². The van der Waals surface area contributed by atoms with Gasteiger partial charge in [0.05, 0.1) is 12.2 Å². The second-order valence-corrected chi connectivity index (χ2v) is 4.40. The third-order valence-electron chi connectivity index (χ3n) is 2.87. The normalized spacial score (nSPS) is 14.4. The first-order chi connectivity index (χ1) is 8.83. The van der Waals surface area contributed by atoms with E-state index in [4.69, 9.17) is 4.74 Å². The van der Waals surface area contributed by atoms with E-state index >= 15 is 0 Å². The Morgan fingerprint density at radius 2 is 2.33 bits per heavy atom. The molecule has 0 aromatic carbocycles. The minimum atomic E-state index is -0.304. The summed E-state index contributed by atoms with van der Waals surface area (Å²) in [6, 6.07) is 5.28. The number of carbonyl (C=O) groups is 1. The molecule has 0 saturated heterocycles. The first kappa shape index (κ1) is 11.0. The summed E-state index contributed by atoms with van der Waals surface area (Å²) >= 11 is 0. The Balaban J connectivity index is 1.68. The molecule has 2 aromatic rings. The quantitative estimate of drug-likeness (QED) is 0.769. The van der Waals surface area contributed by atoms with Crippen LogP contribution < -0.4 is 0 Å². The smallest absolute Gasteiger partial charge is 0.339 e. The molecule has 0 unspecified atom stereocenters. The fourth-order valence-electron chi connectivity index (χ4n) is 1.61. The van der Waals surface area contributed by atoms with Crippen molar-refractivity contribution in [2.75, 3.05) is 6.61 Å². The van der Waals surface area contributed by atoms with Crippen LogP contribution in [0.15, 0.2) is 36.8 Å². The highest BCUT2D eigenvalue weighted by molar-refractivity contribution is 5.89. The highest BCUT2D eigenvalue weighted by Gasteiger charge is 2.23. The fraction of sp³-hybridized carbons (Fsp3) is 0.308. The maximum Gasteiger partial charge on any atom is 0.339 e. The third-order valence-corrected chi connectivity index (χ3v) is 2.87. The third kappa shape index (κ3) is 2.40. The van der Waals surface area contributed by atoms with Crippen LogP contribution in [0.25, 0.3) is 5.82 Å². The zero-order valence-electron chi connectivity index (χ0n) is 9.82. The second kappa shape index (κ2) is 4.60. The molecule has 0 radical (unpaired) electrons. The largest absolute Gasteiger partial charge is 0.462 e. The minimum Gasteiger partial charge on any atom is -0.462 e. The van der Waals surface area contributed by atoms with Gasteiger partial charge < -0.3 is 4.74 Å². The number of aromatic nitrogens is 3. The van der Waals surface area contributed by atoms with Gasteiger partial charge in [-0.05, 0) is 37.0 Å². The highest BCUT2D eigenvalue weighted by atomic mass is 16.5. The lowest BCUT2D eigenvalue weighted by atomic mass is 10.3. The zero-order chi connectivity index (χ0) is 12.4. The van der Waals surface area contributed by atoms with Gasteiger partial charge in [0.1, 0.15) is 0 Å². The van der Waals surface area contributed by atoms with Crippen LogP contribution >= 0.6 is 0 Å². The zero-order valence-corrected chi connectivity index (χ0v) is 9.82. The van der Waals surface area contributed by atoms with Gasteiger partial charge in [0.2, 0.25) is 0 Å². The van der Waals surface area contributed by atoms with Crippen molar-refractivity contribution in [2.24, 2.45) is 5.92 Å². The van der Waals surface area contributed by atoms with E-state index in [1.807, 2.05) is 6.07 Å². The van der Waals surface area contributed by atoms with Gasteiger partial charge >= 0.3 is 5.97 Å². The number of esters is 1. The maximum absolute atomic E-state index is 11.7. The van der Waals surface area contributed by atoms with Gasteiger partial charge in [0.25, 0.3) is 0 Å². The van der Waals surface area contributed by atoms with Gasteiger partial charge in [0, 0.05) is 18.6 Å². The number of hydrogen-bond acceptors (Lipinski definition) is 4. The predicted molar refractivity (Wildman–Crippen MR) is 64.4 cm³/mol. The molecule has 2 aromatic heterocycles. The van der Waals surface area contributed by atoms with E-state index in [1.165, 1.54) is 19.0 Å². The standard InChI is InChI=1S/C13H13N3O2/c17-13(18-9-10-2-3-10)11-4-5-12(14-8-11)16-7-1-6-15-16/h1,4-8,10H,2-3,9H2. The van der Waals surface area contributed by atoms with E-state index in [2.05, 4.69) is 10.1 Å². The summed E-state index contributed by atoms with van der Waals surface area (Å²) in [5, 5.41) is 4.07. The molecule has 1 aliphatic carbocycles. The van der Waals surface area contributed by atoms with Gasteiger partial charge in [-0.2, -0.15) is 5.10 Å². The average molecular weight is 243 g/mol. The van der Waals surface area contributed by atoms with Crippen LogP contribution in [0.4, 0.5) is 0 Å². The molecule has 5 heteroatoms. The summed E-state index contributed by atoms with van der Waals surface area (Å²) < 4.78 is 6.82. The van der Waals surface area contributed by atoms with Crippen LogP contribution in [0.1, 0.15) is 23.2 Å². The summed E-state index contributed by atoms with van der Waals surface area (Å²) in [6.07, 6.45) is 7.34. The predicted octanol–water partition coefficient (Wildman–Crippen LogP) is 1.83. The van der Waals surface area contributed by atoms with E-state index in [0.717, 1.165) is 0 Å². The summed E-state index contributed by atoms with van der Waals surface area (Å²) in [5.74, 6) is 0.949. The minimum absolute atomic E-state index is 0.304. The number of nitrogens with zero attached hydrogens (tertiary/aromatic N) is 3. The van der Waals surface area contributed by atoms with Gasteiger partial charge in [-0.3, -0.25) is 0 Å². The molecule has 18 heavy (non-hydrogen) atoms. The number of carbonyl (C=O) groups excluding carboxylic acids is 1. The number of ether oxygens (including phenoxy) is 1. The van der Waals surface area contributed by atoms with Crippen LogP contribution in [0.3, 0.4) is 0 Å². The molecular formula is C13H13N3O2. The van der Waals surface area contributed by atoms with E-state index in [0.29, 0.717) is 23.9 Å². The Morgan fingerprint density at radius 1 is 1.44 bits per heavy atom. The molecule has 3 rings (SSSR count). The second-order valence-electron chi connectivity index (χ2n) is 4.40. The molecule has 1 fully saturated rings. The molecule has 1 aliphatic rings. The van der Waals surface area contributed by atoms with Crippen molar-refractivity contribution in [3.8, 4) is 5.82 Å². The Morgan fingerprint density at radius 3 is 2.94 bits per heavy atom. The van der Waals surface area contributed by atoms with Gasteiger partial charge in [-0.1, -0.05) is 0 Å². The molecule has 0 aliphatic heterocycles. The number of rotatable bonds is 4. The molecule has 1 saturated carbocycles. The lowest BCUT2D eigenvalue weighted by Crippen LogP contribution is -2.08. The first-order valence-corrected chi connectivity index (χ1v) is 5.96. The van der Waals surface area contributed by atoms with Crippen molar-refractivity contribution in [3.63, 3.8) is 0 Å². The molecule has 0 atom stereocenters. The average Bonchev–Trinajstić information content (AvgIpc) is 3.08. The lowest BCUT2D eigenvalue weighted by molar-refractivity contribution is 0.0485. The van der Waals surface area contributed by atoms with Crippen molar-refractivity contribution in [1.82, 2.24) is 14.8 Å². The molecule has 92 valence electrons. The van der Waals surface area contributed by atoms with Crippen LogP contribution in [0.5, 0.6) is 0 Å². The van der Waals surface area contributed by atoms with E-state index in [9.17, 15) is 4.79 Å². The Labute approximate surface area is 104 Å². The van der Waals surface area contributed by atoms with Crippen LogP contribution in [0, 0.1) is 5.92 Å². The van der Waals surface area contributed by atoms with Crippen LogP contribution in [-0.2, 0) is 4.74 Å². The van der Waals surface area contributed by atoms with Crippen LogP contribution in [0.2, 0.25) is 0 Å². The number of pyridine rings is 1. The molecule has 0 bridgehead atoms.